The molecule has 0 aliphatic heterocycles. The molecule has 0 unspecified atom stereocenters. The molecular weight excluding hydrogens is 301 g/mol. The van der Waals surface area contributed by atoms with Crippen molar-refractivity contribution in [3.63, 3.8) is 0 Å². The summed E-state index contributed by atoms with van der Waals surface area (Å²) in [6, 6.07) is 4.03. The Kier molecular flexibility index (Phi) is 4.69. The van der Waals surface area contributed by atoms with Crippen LogP contribution in [-0.4, -0.2) is 25.9 Å². The average Bonchev–Trinajstić information content (AvgIpc) is 2.19. The molecule has 0 aliphatic carbocycles. The fourth-order valence-corrected chi connectivity index (χ4v) is 2.49. The maximum Gasteiger partial charge on any atom is 0.232 e. The number of halogens is 2. The molecule has 2 N–H and O–H groups in total. The van der Waals surface area contributed by atoms with Crippen LogP contribution in [0.15, 0.2) is 22.7 Å². The summed E-state index contributed by atoms with van der Waals surface area (Å²) in [7, 11) is -3.60. The predicted octanol–water partition coefficient (Wildman–Crippen LogP) is 1.71. The van der Waals surface area contributed by atoms with E-state index in [0.29, 0.717) is 4.47 Å². The largest absolute Gasteiger partial charge is 0.396 e. The first-order chi connectivity index (χ1) is 7.44. The molecule has 0 fully saturated rings. The molecule has 1 aromatic carbocycles. The normalized spacial score (nSPS) is 11.4. The lowest BCUT2D eigenvalue weighted by Gasteiger charge is -2.08. The van der Waals surface area contributed by atoms with Gasteiger partial charge in [-0.1, -0.05) is 15.9 Å². The van der Waals surface area contributed by atoms with Crippen molar-refractivity contribution in [1.29, 1.82) is 0 Å². The Balaban J connectivity index is 2.80. The maximum atomic E-state index is 13.3. The summed E-state index contributed by atoms with van der Waals surface area (Å²) in [6.07, 6.45) is 0.119. The topological polar surface area (TPSA) is 66.4 Å². The minimum Gasteiger partial charge on any atom is -0.396 e. The van der Waals surface area contributed by atoms with Crippen LogP contribution in [0.25, 0.3) is 0 Å². The Morgan fingerprint density at radius 3 is 2.69 bits per heavy atom. The van der Waals surface area contributed by atoms with Gasteiger partial charge in [-0.15, -0.1) is 0 Å². The number of aliphatic hydroxyl groups is 1. The first-order valence-corrected chi connectivity index (χ1v) is 6.95. The Labute approximate surface area is 102 Å². The molecule has 0 aliphatic rings. The van der Waals surface area contributed by atoms with Crippen molar-refractivity contribution in [1.82, 2.24) is 0 Å². The quantitative estimate of drug-likeness (QED) is 0.870. The van der Waals surface area contributed by atoms with E-state index in [1.54, 1.807) is 0 Å². The minimum absolute atomic E-state index is 0.0962. The van der Waals surface area contributed by atoms with Gasteiger partial charge in [-0.3, -0.25) is 4.72 Å². The second-order valence-corrected chi connectivity index (χ2v) is 5.88. The third kappa shape index (κ3) is 4.07. The first kappa shape index (κ1) is 13.4. The molecule has 0 saturated heterocycles. The van der Waals surface area contributed by atoms with Crippen molar-refractivity contribution >= 4 is 31.6 Å². The standard InChI is InChI=1S/C9H11BrFNO3S/c10-7-2-3-9(8(11)6-7)12-16(14,15)5-1-4-13/h2-3,6,12-13H,1,4-5H2. The zero-order valence-electron chi connectivity index (χ0n) is 8.28. The number of anilines is 1. The van der Waals surface area contributed by atoms with Crippen LogP contribution in [0.1, 0.15) is 6.42 Å². The molecule has 0 atom stereocenters. The SMILES string of the molecule is O=S(=O)(CCCO)Nc1ccc(Br)cc1F. The lowest BCUT2D eigenvalue weighted by atomic mass is 10.3. The van der Waals surface area contributed by atoms with E-state index < -0.39 is 15.8 Å². The second kappa shape index (κ2) is 5.60. The second-order valence-electron chi connectivity index (χ2n) is 3.12. The van der Waals surface area contributed by atoms with Crippen LogP contribution >= 0.6 is 15.9 Å². The van der Waals surface area contributed by atoms with Crippen LogP contribution in [0.4, 0.5) is 10.1 Å². The maximum absolute atomic E-state index is 13.3. The van der Waals surface area contributed by atoms with Crippen molar-refractivity contribution in [2.75, 3.05) is 17.1 Å². The Hall–Kier alpha value is -0.660. The van der Waals surface area contributed by atoms with Crippen LogP contribution in [0.5, 0.6) is 0 Å². The summed E-state index contributed by atoms with van der Waals surface area (Å²) >= 11 is 3.07. The monoisotopic (exact) mass is 311 g/mol. The third-order valence-electron chi connectivity index (χ3n) is 1.77. The number of nitrogens with one attached hydrogen (secondary N) is 1. The van der Waals surface area contributed by atoms with Crippen molar-refractivity contribution in [3.05, 3.63) is 28.5 Å². The van der Waals surface area contributed by atoms with Gasteiger partial charge < -0.3 is 5.11 Å². The average molecular weight is 312 g/mol. The highest BCUT2D eigenvalue weighted by Gasteiger charge is 2.12. The molecule has 7 heteroatoms. The minimum atomic E-state index is -3.60. The lowest BCUT2D eigenvalue weighted by molar-refractivity contribution is 0.295. The summed E-state index contributed by atoms with van der Waals surface area (Å²) in [5.41, 5.74) is -0.0962. The molecule has 0 bridgehead atoms. The summed E-state index contributed by atoms with van der Waals surface area (Å²) in [5, 5.41) is 8.51. The van der Waals surface area contributed by atoms with Gasteiger partial charge in [-0.2, -0.15) is 0 Å². The van der Waals surface area contributed by atoms with Gasteiger partial charge in [0, 0.05) is 11.1 Å². The Morgan fingerprint density at radius 1 is 1.44 bits per heavy atom. The lowest BCUT2D eigenvalue weighted by Crippen LogP contribution is -2.18. The van der Waals surface area contributed by atoms with E-state index in [1.807, 2.05) is 0 Å². The van der Waals surface area contributed by atoms with Crippen LogP contribution in [-0.2, 0) is 10.0 Å². The zero-order valence-corrected chi connectivity index (χ0v) is 10.7. The highest BCUT2D eigenvalue weighted by Crippen LogP contribution is 2.20. The van der Waals surface area contributed by atoms with Crippen molar-refractivity contribution in [2.45, 2.75) is 6.42 Å². The molecule has 0 aromatic heterocycles. The van der Waals surface area contributed by atoms with Gasteiger partial charge in [0.15, 0.2) is 0 Å². The molecule has 4 nitrogen and oxygen atoms in total. The van der Waals surface area contributed by atoms with Gasteiger partial charge in [0.25, 0.3) is 0 Å². The van der Waals surface area contributed by atoms with Crippen molar-refractivity contribution < 1.29 is 17.9 Å². The molecule has 0 saturated carbocycles. The van der Waals surface area contributed by atoms with Crippen molar-refractivity contribution in [2.24, 2.45) is 0 Å². The summed E-state index contributed by atoms with van der Waals surface area (Å²) < 4.78 is 38.7. The summed E-state index contributed by atoms with van der Waals surface area (Å²) in [4.78, 5) is 0. The van der Waals surface area contributed by atoms with E-state index in [2.05, 4.69) is 20.7 Å². The molecular formula is C9H11BrFNO3S. The smallest absolute Gasteiger partial charge is 0.232 e. The number of hydrogen-bond acceptors (Lipinski definition) is 3. The van der Waals surface area contributed by atoms with Gasteiger partial charge in [0.1, 0.15) is 5.82 Å². The first-order valence-electron chi connectivity index (χ1n) is 4.51. The van der Waals surface area contributed by atoms with E-state index in [1.165, 1.54) is 18.2 Å². The van der Waals surface area contributed by atoms with E-state index >= 15 is 0 Å². The highest BCUT2D eigenvalue weighted by atomic mass is 79.9. The van der Waals surface area contributed by atoms with Crippen LogP contribution in [0.3, 0.4) is 0 Å². The van der Waals surface area contributed by atoms with Gasteiger partial charge in [0.05, 0.1) is 11.4 Å². The molecule has 1 rings (SSSR count). The van der Waals surface area contributed by atoms with Gasteiger partial charge in [-0.25, -0.2) is 12.8 Å². The number of benzene rings is 1. The molecule has 0 radical (unpaired) electrons. The molecule has 90 valence electrons. The van der Waals surface area contributed by atoms with E-state index in [-0.39, 0.29) is 24.5 Å². The van der Waals surface area contributed by atoms with Crippen LogP contribution in [0.2, 0.25) is 0 Å². The molecule has 0 spiro atoms. The van der Waals surface area contributed by atoms with Gasteiger partial charge in [-0.05, 0) is 24.6 Å². The molecule has 16 heavy (non-hydrogen) atoms. The number of aliphatic hydroxyl groups excluding tert-OH is 1. The van der Waals surface area contributed by atoms with Crippen molar-refractivity contribution in [3.8, 4) is 0 Å². The van der Waals surface area contributed by atoms with E-state index in [9.17, 15) is 12.8 Å². The highest BCUT2D eigenvalue weighted by molar-refractivity contribution is 9.10. The molecule has 0 heterocycles. The Bertz CT molecular complexity index is 464. The van der Waals surface area contributed by atoms with E-state index in [4.69, 9.17) is 5.11 Å². The van der Waals surface area contributed by atoms with Crippen LogP contribution < -0.4 is 4.72 Å². The fourth-order valence-electron chi connectivity index (χ4n) is 1.05. The van der Waals surface area contributed by atoms with Crippen LogP contribution in [0, 0.1) is 5.82 Å². The zero-order chi connectivity index (χ0) is 12.2. The summed E-state index contributed by atoms with van der Waals surface area (Å²) in [6.45, 7) is -0.219. The molecule has 1 aromatic rings. The van der Waals surface area contributed by atoms with Gasteiger partial charge >= 0.3 is 0 Å². The number of hydrogen-bond donors (Lipinski definition) is 2. The number of sulfonamides is 1. The fraction of sp³-hybridized carbons (Fsp3) is 0.333. The summed E-state index contributed by atoms with van der Waals surface area (Å²) in [5.74, 6) is -0.888. The molecule has 0 amide bonds. The number of rotatable bonds is 5. The predicted molar refractivity (Wildman–Crippen MR) is 63.2 cm³/mol. The Morgan fingerprint density at radius 2 is 2.12 bits per heavy atom. The van der Waals surface area contributed by atoms with E-state index in [0.717, 1.165) is 0 Å². The van der Waals surface area contributed by atoms with Gasteiger partial charge in [0.2, 0.25) is 10.0 Å². The third-order valence-corrected chi connectivity index (χ3v) is 3.62.